The molecule has 0 atom stereocenters. The van der Waals surface area contributed by atoms with Crippen LogP contribution in [-0.4, -0.2) is 17.8 Å². The van der Waals surface area contributed by atoms with Gasteiger partial charge in [0.25, 0.3) is 0 Å². The maximum absolute atomic E-state index is 12.0. The Morgan fingerprint density at radius 2 is 2.00 bits per heavy atom. The quantitative estimate of drug-likeness (QED) is 0.824. The molecule has 0 aliphatic heterocycles. The first kappa shape index (κ1) is 11.5. The second kappa shape index (κ2) is 4.12. The Hall–Kier alpha value is -1.98. The number of rotatable bonds is 2. The largest absolute Gasteiger partial charge is 0.483 e. The lowest BCUT2D eigenvalue weighted by Crippen LogP contribution is -2.19. The minimum absolute atomic E-state index is 0.146. The number of nitrogens with two attached hydrogens (primary N) is 1. The van der Waals surface area contributed by atoms with Crippen molar-refractivity contribution in [2.45, 2.75) is 6.18 Å². The second-order valence-corrected chi connectivity index (χ2v) is 3.49. The predicted molar refractivity (Wildman–Crippen MR) is 57.7 cm³/mol. The highest BCUT2D eigenvalue weighted by atomic mass is 19.4. The van der Waals surface area contributed by atoms with E-state index in [-0.39, 0.29) is 5.75 Å². The van der Waals surface area contributed by atoms with Gasteiger partial charge in [-0.15, -0.1) is 0 Å². The van der Waals surface area contributed by atoms with Crippen molar-refractivity contribution in [1.82, 2.24) is 4.98 Å². The minimum atomic E-state index is -4.36. The summed E-state index contributed by atoms with van der Waals surface area (Å²) < 4.78 is 40.9. The van der Waals surface area contributed by atoms with E-state index in [1.165, 1.54) is 12.3 Å². The smallest absolute Gasteiger partial charge is 0.422 e. The molecule has 0 spiro atoms. The van der Waals surface area contributed by atoms with Gasteiger partial charge in [0.1, 0.15) is 5.75 Å². The Bertz CT molecular complexity index is 540. The lowest BCUT2D eigenvalue weighted by Gasteiger charge is -2.11. The SMILES string of the molecule is Nc1ccc2c(OCC(F)(F)F)ccnc2c1. The summed E-state index contributed by atoms with van der Waals surface area (Å²) in [6, 6.07) is 6.15. The number of halogens is 3. The van der Waals surface area contributed by atoms with Gasteiger partial charge in [0.2, 0.25) is 0 Å². The third-order valence-corrected chi connectivity index (χ3v) is 2.12. The third-order valence-electron chi connectivity index (χ3n) is 2.12. The molecule has 17 heavy (non-hydrogen) atoms. The number of aromatic nitrogens is 1. The highest BCUT2D eigenvalue weighted by molar-refractivity contribution is 5.87. The first-order chi connectivity index (χ1) is 7.96. The van der Waals surface area contributed by atoms with E-state index in [1.807, 2.05) is 0 Å². The molecule has 90 valence electrons. The number of anilines is 1. The Morgan fingerprint density at radius 1 is 1.24 bits per heavy atom. The Labute approximate surface area is 95.0 Å². The molecule has 2 aromatic rings. The highest BCUT2D eigenvalue weighted by Crippen LogP contribution is 2.27. The Kier molecular flexibility index (Phi) is 2.79. The van der Waals surface area contributed by atoms with Crippen LogP contribution in [0.3, 0.4) is 0 Å². The molecule has 0 saturated carbocycles. The summed E-state index contributed by atoms with van der Waals surface area (Å²) in [5.41, 5.74) is 6.56. The predicted octanol–water partition coefficient (Wildman–Crippen LogP) is 2.76. The standard InChI is InChI=1S/C11H9F3N2O/c12-11(13,14)6-17-10-3-4-16-9-5-7(15)1-2-8(9)10/h1-5H,6,15H2. The van der Waals surface area contributed by atoms with Gasteiger partial charge in [-0.2, -0.15) is 13.2 Å². The molecule has 0 bridgehead atoms. The van der Waals surface area contributed by atoms with Crippen LogP contribution >= 0.6 is 0 Å². The van der Waals surface area contributed by atoms with Crippen molar-refractivity contribution < 1.29 is 17.9 Å². The van der Waals surface area contributed by atoms with Crippen molar-refractivity contribution in [3.05, 3.63) is 30.5 Å². The molecule has 0 fully saturated rings. The fourth-order valence-corrected chi connectivity index (χ4v) is 1.42. The number of pyridine rings is 1. The van der Waals surface area contributed by atoms with Crippen molar-refractivity contribution in [3.63, 3.8) is 0 Å². The van der Waals surface area contributed by atoms with Crippen LogP contribution in [0.4, 0.5) is 18.9 Å². The van der Waals surface area contributed by atoms with Crippen molar-refractivity contribution in [3.8, 4) is 5.75 Å². The maximum Gasteiger partial charge on any atom is 0.422 e. The van der Waals surface area contributed by atoms with Crippen LogP contribution in [0.15, 0.2) is 30.5 Å². The maximum atomic E-state index is 12.0. The highest BCUT2D eigenvalue weighted by Gasteiger charge is 2.28. The van der Waals surface area contributed by atoms with Gasteiger partial charge >= 0.3 is 6.18 Å². The van der Waals surface area contributed by atoms with Gasteiger partial charge in [-0.25, -0.2) is 0 Å². The van der Waals surface area contributed by atoms with E-state index in [9.17, 15) is 13.2 Å². The fraction of sp³-hybridized carbons (Fsp3) is 0.182. The summed E-state index contributed by atoms with van der Waals surface area (Å²) in [5, 5.41) is 0.506. The van der Waals surface area contributed by atoms with Gasteiger partial charge in [-0.05, 0) is 24.3 Å². The zero-order chi connectivity index (χ0) is 12.5. The summed E-state index contributed by atoms with van der Waals surface area (Å²) in [4.78, 5) is 4.01. The van der Waals surface area contributed by atoms with Gasteiger partial charge in [-0.1, -0.05) is 0 Å². The number of fused-ring (bicyclic) bond motifs is 1. The summed E-state index contributed by atoms with van der Waals surface area (Å²) in [6.07, 6.45) is -2.98. The molecule has 0 amide bonds. The first-order valence-electron chi connectivity index (χ1n) is 4.79. The van der Waals surface area contributed by atoms with Gasteiger partial charge < -0.3 is 10.5 Å². The molecule has 2 rings (SSSR count). The molecule has 0 saturated heterocycles. The van der Waals surface area contributed by atoms with E-state index in [0.717, 1.165) is 0 Å². The summed E-state index contributed by atoms with van der Waals surface area (Å²) >= 11 is 0. The second-order valence-electron chi connectivity index (χ2n) is 3.49. The van der Waals surface area contributed by atoms with E-state index in [0.29, 0.717) is 16.6 Å². The summed E-state index contributed by atoms with van der Waals surface area (Å²) in [6.45, 7) is -1.32. The van der Waals surface area contributed by atoms with Crippen LogP contribution in [0.1, 0.15) is 0 Å². The van der Waals surface area contributed by atoms with Crippen molar-refractivity contribution in [2.75, 3.05) is 12.3 Å². The molecular weight excluding hydrogens is 233 g/mol. The molecule has 1 aromatic heterocycles. The van der Waals surface area contributed by atoms with Crippen molar-refractivity contribution >= 4 is 16.6 Å². The number of nitrogen functional groups attached to an aromatic ring is 1. The van der Waals surface area contributed by atoms with Crippen molar-refractivity contribution in [1.29, 1.82) is 0 Å². The zero-order valence-electron chi connectivity index (χ0n) is 8.66. The van der Waals surface area contributed by atoms with Gasteiger partial charge in [0.05, 0.1) is 5.52 Å². The number of benzene rings is 1. The van der Waals surface area contributed by atoms with Crippen LogP contribution in [0, 0.1) is 0 Å². The molecule has 0 aliphatic rings. The molecule has 0 unspecified atom stereocenters. The monoisotopic (exact) mass is 242 g/mol. The van der Waals surface area contributed by atoms with Gasteiger partial charge in [0.15, 0.2) is 6.61 Å². The number of alkyl halides is 3. The van der Waals surface area contributed by atoms with E-state index in [1.54, 1.807) is 18.2 Å². The number of hydrogen-bond donors (Lipinski definition) is 1. The summed E-state index contributed by atoms with van der Waals surface area (Å²) in [5.74, 6) is 0.146. The average Bonchev–Trinajstić information content (AvgIpc) is 2.24. The van der Waals surface area contributed by atoms with Crippen LogP contribution in [0.25, 0.3) is 10.9 Å². The van der Waals surface area contributed by atoms with E-state index in [4.69, 9.17) is 10.5 Å². The lowest BCUT2D eigenvalue weighted by molar-refractivity contribution is -0.153. The normalized spacial score (nSPS) is 11.7. The Balaban J connectivity index is 2.34. The molecule has 1 aromatic carbocycles. The fourth-order valence-electron chi connectivity index (χ4n) is 1.42. The van der Waals surface area contributed by atoms with E-state index < -0.39 is 12.8 Å². The number of ether oxygens (including phenoxy) is 1. The third kappa shape index (κ3) is 2.77. The zero-order valence-corrected chi connectivity index (χ0v) is 8.66. The van der Waals surface area contributed by atoms with Crippen LogP contribution in [-0.2, 0) is 0 Å². The van der Waals surface area contributed by atoms with Gasteiger partial charge in [0, 0.05) is 17.3 Å². The molecule has 2 N–H and O–H groups in total. The van der Waals surface area contributed by atoms with Crippen LogP contribution in [0.2, 0.25) is 0 Å². The van der Waals surface area contributed by atoms with Crippen LogP contribution in [0.5, 0.6) is 5.75 Å². The Morgan fingerprint density at radius 3 is 2.71 bits per heavy atom. The molecular formula is C11H9F3N2O. The topological polar surface area (TPSA) is 48.1 Å². The molecule has 1 heterocycles. The lowest BCUT2D eigenvalue weighted by atomic mass is 10.2. The molecule has 0 aliphatic carbocycles. The van der Waals surface area contributed by atoms with Gasteiger partial charge in [-0.3, -0.25) is 4.98 Å². The van der Waals surface area contributed by atoms with Crippen molar-refractivity contribution in [2.24, 2.45) is 0 Å². The minimum Gasteiger partial charge on any atom is -0.483 e. The molecule has 6 heteroatoms. The summed E-state index contributed by atoms with van der Waals surface area (Å²) in [7, 11) is 0. The molecule has 0 radical (unpaired) electrons. The van der Waals surface area contributed by atoms with E-state index >= 15 is 0 Å². The van der Waals surface area contributed by atoms with Crippen LogP contribution < -0.4 is 10.5 Å². The number of nitrogens with zero attached hydrogens (tertiary/aromatic N) is 1. The van der Waals surface area contributed by atoms with E-state index in [2.05, 4.69) is 4.98 Å². The first-order valence-corrected chi connectivity index (χ1v) is 4.79. The number of hydrogen-bond acceptors (Lipinski definition) is 3. The molecule has 3 nitrogen and oxygen atoms in total. The average molecular weight is 242 g/mol.